The molecular formula is C14H23N3O3. The van der Waals surface area contributed by atoms with E-state index in [1.54, 1.807) is 0 Å². The lowest BCUT2D eigenvalue weighted by atomic mass is 9.81. The number of carbonyl (C=O) groups is 2. The van der Waals surface area contributed by atoms with Gasteiger partial charge in [-0.25, -0.2) is 0 Å². The van der Waals surface area contributed by atoms with E-state index in [4.69, 9.17) is 4.74 Å². The molecule has 0 saturated carbocycles. The van der Waals surface area contributed by atoms with Crippen LogP contribution in [0.15, 0.2) is 0 Å². The summed E-state index contributed by atoms with van der Waals surface area (Å²) in [6.07, 6.45) is 1.02. The second-order valence-corrected chi connectivity index (χ2v) is 6.11. The average molecular weight is 281 g/mol. The highest BCUT2D eigenvalue weighted by Crippen LogP contribution is 2.29. The van der Waals surface area contributed by atoms with Crippen LogP contribution in [0, 0.1) is 16.7 Å². The normalized spacial score (nSPS) is 17.9. The van der Waals surface area contributed by atoms with Crippen LogP contribution in [0.3, 0.4) is 0 Å². The van der Waals surface area contributed by atoms with E-state index < -0.39 is 5.41 Å². The van der Waals surface area contributed by atoms with E-state index in [0.29, 0.717) is 26.1 Å². The summed E-state index contributed by atoms with van der Waals surface area (Å²) in [6.45, 7) is 6.78. The molecule has 2 N–H and O–H groups in total. The predicted molar refractivity (Wildman–Crippen MR) is 73.6 cm³/mol. The zero-order chi connectivity index (χ0) is 15.2. The maximum atomic E-state index is 12.1. The number of carbonyl (C=O) groups excluding carboxylic acids is 2. The van der Waals surface area contributed by atoms with Crippen LogP contribution in [0.2, 0.25) is 0 Å². The van der Waals surface area contributed by atoms with Gasteiger partial charge in [0.2, 0.25) is 11.8 Å². The van der Waals surface area contributed by atoms with Crippen molar-refractivity contribution >= 4 is 11.8 Å². The molecule has 2 amide bonds. The Balaban J connectivity index is 2.39. The SMILES string of the molecule is CC(C)(C)NC(=O)CCNC(=O)C1(C#N)CCOCC1. The van der Waals surface area contributed by atoms with Gasteiger partial charge in [-0.1, -0.05) is 0 Å². The zero-order valence-electron chi connectivity index (χ0n) is 12.4. The van der Waals surface area contributed by atoms with Crippen LogP contribution < -0.4 is 10.6 Å². The fourth-order valence-electron chi connectivity index (χ4n) is 2.05. The highest BCUT2D eigenvalue weighted by molar-refractivity contribution is 5.86. The first-order valence-electron chi connectivity index (χ1n) is 6.87. The summed E-state index contributed by atoms with van der Waals surface area (Å²) in [5, 5.41) is 14.7. The van der Waals surface area contributed by atoms with Gasteiger partial charge in [0, 0.05) is 31.7 Å². The molecule has 6 nitrogen and oxygen atoms in total. The van der Waals surface area contributed by atoms with Crippen LogP contribution in [0.25, 0.3) is 0 Å². The number of hydrogen-bond donors (Lipinski definition) is 2. The fraction of sp³-hybridized carbons (Fsp3) is 0.786. The summed E-state index contributed by atoms with van der Waals surface area (Å²) < 4.78 is 5.18. The Kier molecular flexibility index (Phi) is 5.52. The Bertz CT molecular complexity index is 401. The first-order valence-corrected chi connectivity index (χ1v) is 6.87. The second-order valence-electron chi connectivity index (χ2n) is 6.11. The van der Waals surface area contributed by atoms with Crippen molar-refractivity contribution in [2.45, 2.75) is 45.6 Å². The highest BCUT2D eigenvalue weighted by atomic mass is 16.5. The topological polar surface area (TPSA) is 91.2 Å². The summed E-state index contributed by atoms with van der Waals surface area (Å²) in [5.41, 5.74) is -1.28. The highest BCUT2D eigenvalue weighted by Gasteiger charge is 2.40. The lowest BCUT2D eigenvalue weighted by Crippen LogP contribution is -2.46. The molecule has 6 heteroatoms. The molecular weight excluding hydrogens is 258 g/mol. The molecule has 0 radical (unpaired) electrons. The molecule has 1 heterocycles. The quantitative estimate of drug-likeness (QED) is 0.794. The van der Waals surface area contributed by atoms with Gasteiger partial charge in [0.25, 0.3) is 0 Å². The van der Waals surface area contributed by atoms with E-state index in [-0.39, 0.29) is 30.3 Å². The van der Waals surface area contributed by atoms with Crippen LogP contribution in [0.5, 0.6) is 0 Å². The largest absolute Gasteiger partial charge is 0.381 e. The molecule has 1 fully saturated rings. The Labute approximate surface area is 119 Å². The minimum absolute atomic E-state index is 0.115. The van der Waals surface area contributed by atoms with Crippen molar-refractivity contribution < 1.29 is 14.3 Å². The Morgan fingerprint density at radius 2 is 1.90 bits per heavy atom. The third-order valence-corrected chi connectivity index (χ3v) is 3.15. The van der Waals surface area contributed by atoms with Gasteiger partial charge in [-0.05, 0) is 33.6 Å². The number of rotatable bonds is 4. The van der Waals surface area contributed by atoms with E-state index in [2.05, 4.69) is 16.7 Å². The number of amides is 2. The third-order valence-electron chi connectivity index (χ3n) is 3.15. The minimum atomic E-state index is -1.00. The van der Waals surface area contributed by atoms with Crippen molar-refractivity contribution in [2.24, 2.45) is 5.41 Å². The smallest absolute Gasteiger partial charge is 0.240 e. The predicted octanol–water partition coefficient (Wildman–Crippen LogP) is 0.728. The lowest BCUT2D eigenvalue weighted by molar-refractivity contribution is -0.132. The summed E-state index contributed by atoms with van der Waals surface area (Å²) in [4.78, 5) is 23.7. The molecule has 1 aliphatic rings. The van der Waals surface area contributed by atoms with E-state index in [0.717, 1.165) is 0 Å². The maximum Gasteiger partial charge on any atom is 0.240 e. The van der Waals surface area contributed by atoms with Gasteiger partial charge in [-0.2, -0.15) is 5.26 Å². The molecule has 0 spiro atoms. The van der Waals surface area contributed by atoms with Crippen molar-refractivity contribution in [3.63, 3.8) is 0 Å². The molecule has 0 atom stereocenters. The van der Waals surface area contributed by atoms with Crippen LogP contribution in [-0.2, 0) is 14.3 Å². The first-order chi connectivity index (χ1) is 9.29. The van der Waals surface area contributed by atoms with E-state index >= 15 is 0 Å². The zero-order valence-corrected chi connectivity index (χ0v) is 12.4. The van der Waals surface area contributed by atoms with Crippen molar-refractivity contribution in [1.82, 2.24) is 10.6 Å². The Hall–Kier alpha value is -1.61. The summed E-state index contributed by atoms with van der Waals surface area (Å²) in [7, 11) is 0. The van der Waals surface area contributed by atoms with Gasteiger partial charge in [0.1, 0.15) is 5.41 Å². The van der Waals surface area contributed by atoms with Gasteiger partial charge in [-0.15, -0.1) is 0 Å². The van der Waals surface area contributed by atoms with Crippen LogP contribution in [-0.4, -0.2) is 37.1 Å². The third kappa shape index (κ3) is 4.82. The summed E-state index contributed by atoms with van der Waals surface area (Å²) >= 11 is 0. The van der Waals surface area contributed by atoms with Crippen LogP contribution in [0.4, 0.5) is 0 Å². The van der Waals surface area contributed by atoms with E-state index in [9.17, 15) is 14.9 Å². The van der Waals surface area contributed by atoms with Gasteiger partial charge in [0.15, 0.2) is 0 Å². The van der Waals surface area contributed by atoms with Gasteiger partial charge < -0.3 is 15.4 Å². The lowest BCUT2D eigenvalue weighted by Gasteiger charge is -2.29. The fourth-order valence-corrected chi connectivity index (χ4v) is 2.05. The average Bonchev–Trinajstić information content (AvgIpc) is 2.37. The standard InChI is InChI=1S/C14H23N3O3/c1-13(2,3)17-11(18)4-7-16-12(19)14(10-15)5-8-20-9-6-14/h4-9H2,1-3H3,(H,16,19)(H,17,18). The summed E-state index contributed by atoms with van der Waals surface area (Å²) in [6, 6.07) is 2.10. The minimum Gasteiger partial charge on any atom is -0.381 e. The molecule has 0 aliphatic carbocycles. The molecule has 1 aliphatic heterocycles. The first kappa shape index (κ1) is 16.4. The number of nitrogens with zero attached hydrogens (tertiary/aromatic N) is 1. The van der Waals surface area contributed by atoms with Crippen LogP contribution >= 0.6 is 0 Å². The van der Waals surface area contributed by atoms with E-state index in [1.165, 1.54) is 0 Å². The van der Waals surface area contributed by atoms with Crippen LogP contribution in [0.1, 0.15) is 40.0 Å². The number of nitriles is 1. The molecule has 20 heavy (non-hydrogen) atoms. The molecule has 0 aromatic heterocycles. The van der Waals surface area contributed by atoms with Crippen molar-refractivity contribution in [1.29, 1.82) is 5.26 Å². The molecule has 0 aromatic carbocycles. The van der Waals surface area contributed by atoms with Crippen molar-refractivity contribution in [2.75, 3.05) is 19.8 Å². The van der Waals surface area contributed by atoms with Crippen molar-refractivity contribution in [3.8, 4) is 6.07 Å². The number of nitrogens with one attached hydrogen (secondary N) is 2. The van der Waals surface area contributed by atoms with E-state index in [1.807, 2.05) is 20.8 Å². The Morgan fingerprint density at radius 1 is 1.30 bits per heavy atom. The maximum absolute atomic E-state index is 12.1. The molecule has 0 bridgehead atoms. The molecule has 1 saturated heterocycles. The molecule has 112 valence electrons. The summed E-state index contributed by atoms with van der Waals surface area (Å²) in [5.74, 6) is -0.414. The second kappa shape index (κ2) is 6.71. The molecule has 0 aromatic rings. The van der Waals surface area contributed by atoms with Crippen molar-refractivity contribution in [3.05, 3.63) is 0 Å². The number of ether oxygens (including phenoxy) is 1. The molecule has 1 rings (SSSR count). The van der Waals surface area contributed by atoms with Gasteiger partial charge in [-0.3, -0.25) is 9.59 Å². The van der Waals surface area contributed by atoms with Gasteiger partial charge in [0.05, 0.1) is 6.07 Å². The molecule has 0 unspecified atom stereocenters. The Morgan fingerprint density at radius 3 is 2.40 bits per heavy atom. The van der Waals surface area contributed by atoms with Gasteiger partial charge >= 0.3 is 0 Å². The number of hydrogen-bond acceptors (Lipinski definition) is 4. The monoisotopic (exact) mass is 281 g/mol.